The quantitative estimate of drug-likeness (QED) is 0.839. The fraction of sp³-hybridized carbons (Fsp3) is 0.467. The predicted octanol–water partition coefficient (Wildman–Crippen LogP) is 2.72. The lowest BCUT2D eigenvalue weighted by Gasteiger charge is -2.20. The minimum Gasteiger partial charge on any atom is -0.384 e. The van der Waals surface area contributed by atoms with Crippen LogP contribution in [0.5, 0.6) is 0 Å². The van der Waals surface area contributed by atoms with Crippen LogP contribution in [0, 0.1) is 19.8 Å². The Kier molecular flexibility index (Phi) is 4.50. The number of hydrogen-bond donors (Lipinski definition) is 2. The molecule has 1 atom stereocenters. The van der Waals surface area contributed by atoms with Crippen LogP contribution in [0.15, 0.2) is 29.2 Å². The predicted molar refractivity (Wildman–Crippen MR) is 82.3 cm³/mol. The first kappa shape index (κ1) is 15.1. The molecule has 110 valence electrons. The van der Waals surface area contributed by atoms with Crippen molar-refractivity contribution < 1.29 is 8.42 Å². The van der Waals surface area contributed by atoms with E-state index in [2.05, 4.69) is 17.5 Å². The highest BCUT2D eigenvalue weighted by atomic mass is 32.2. The Morgan fingerprint density at radius 3 is 2.65 bits per heavy atom. The van der Waals surface area contributed by atoms with E-state index in [0.717, 1.165) is 36.2 Å². The van der Waals surface area contributed by atoms with Crippen LogP contribution < -0.4 is 10.5 Å². The number of nitrogens with two attached hydrogens (primary N) is 1. The molecule has 0 saturated heterocycles. The van der Waals surface area contributed by atoms with Crippen molar-refractivity contribution in [2.24, 2.45) is 11.1 Å². The molecule has 20 heavy (non-hydrogen) atoms. The first-order valence-corrected chi connectivity index (χ1v) is 8.45. The van der Waals surface area contributed by atoms with Crippen molar-refractivity contribution >= 4 is 15.7 Å². The van der Waals surface area contributed by atoms with Crippen molar-refractivity contribution in [3.63, 3.8) is 0 Å². The number of nitrogens with one attached hydrogen (secondary N) is 1. The first-order chi connectivity index (χ1) is 9.38. The molecule has 2 rings (SSSR count). The van der Waals surface area contributed by atoms with Gasteiger partial charge in [-0.3, -0.25) is 0 Å². The van der Waals surface area contributed by atoms with E-state index in [0.29, 0.717) is 5.92 Å². The molecule has 0 bridgehead atoms. The Balaban J connectivity index is 2.18. The Bertz CT molecular complexity index is 621. The first-order valence-electron chi connectivity index (χ1n) is 6.91. The van der Waals surface area contributed by atoms with E-state index >= 15 is 0 Å². The Hall–Kier alpha value is -1.33. The van der Waals surface area contributed by atoms with E-state index in [1.807, 2.05) is 13.8 Å². The summed E-state index contributed by atoms with van der Waals surface area (Å²) >= 11 is 0. The lowest BCUT2D eigenvalue weighted by atomic mass is 9.94. The van der Waals surface area contributed by atoms with Crippen molar-refractivity contribution in [1.29, 1.82) is 0 Å². The molecule has 0 fully saturated rings. The number of anilines is 1. The average Bonchev–Trinajstić information content (AvgIpc) is 2.40. The lowest BCUT2D eigenvalue weighted by molar-refractivity contribution is 0.504. The molecule has 0 saturated carbocycles. The molecule has 3 N–H and O–H groups in total. The van der Waals surface area contributed by atoms with Crippen molar-refractivity contribution in [1.82, 2.24) is 0 Å². The van der Waals surface area contributed by atoms with Crippen LogP contribution in [0.2, 0.25) is 0 Å². The number of benzene rings is 1. The molecular weight excluding hydrogens is 272 g/mol. The molecule has 1 aromatic carbocycles. The third-order valence-corrected chi connectivity index (χ3v) is 4.82. The summed E-state index contributed by atoms with van der Waals surface area (Å²) < 4.78 is 23.0. The molecule has 0 amide bonds. The van der Waals surface area contributed by atoms with Gasteiger partial charge in [-0.1, -0.05) is 12.2 Å². The summed E-state index contributed by atoms with van der Waals surface area (Å²) in [6.07, 6.45) is 7.82. The maximum atomic E-state index is 11.5. The zero-order valence-corrected chi connectivity index (χ0v) is 12.8. The Morgan fingerprint density at radius 2 is 2.05 bits per heavy atom. The molecule has 0 aromatic heterocycles. The lowest BCUT2D eigenvalue weighted by Crippen LogP contribution is -2.17. The van der Waals surface area contributed by atoms with Gasteiger partial charge in [0.25, 0.3) is 0 Å². The summed E-state index contributed by atoms with van der Waals surface area (Å²) in [4.78, 5) is 0.173. The van der Waals surface area contributed by atoms with E-state index in [9.17, 15) is 8.42 Å². The van der Waals surface area contributed by atoms with Gasteiger partial charge in [0.2, 0.25) is 10.0 Å². The van der Waals surface area contributed by atoms with E-state index in [-0.39, 0.29) is 4.90 Å². The highest BCUT2D eigenvalue weighted by Crippen LogP contribution is 2.25. The largest absolute Gasteiger partial charge is 0.384 e. The summed E-state index contributed by atoms with van der Waals surface area (Å²) in [6.45, 7) is 4.75. The van der Waals surface area contributed by atoms with E-state index in [1.165, 1.54) is 6.42 Å². The van der Waals surface area contributed by atoms with E-state index in [1.54, 1.807) is 12.1 Å². The normalized spacial score (nSPS) is 19.1. The van der Waals surface area contributed by atoms with Gasteiger partial charge in [-0.25, -0.2) is 13.6 Å². The molecule has 1 aliphatic carbocycles. The molecule has 1 aliphatic rings. The van der Waals surface area contributed by atoms with Gasteiger partial charge in [-0.2, -0.15) is 0 Å². The van der Waals surface area contributed by atoms with Crippen LogP contribution in [0.3, 0.4) is 0 Å². The highest BCUT2D eigenvalue weighted by molar-refractivity contribution is 7.89. The minimum atomic E-state index is -3.66. The average molecular weight is 294 g/mol. The SMILES string of the molecule is Cc1cc(S(N)(=O)=O)cc(NCC2CC=CCC2)c1C. The molecule has 0 radical (unpaired) electrons. The molecule has 0 heterocycles. The number of hydrogen-bond acceptors (Lipinski definition) is 3. The van der Waals surface area contributed by atoms with Crippen LogP contribution in [0.4, 0.5) is 5.69 Å². The van der Waals surface area contributed by atoms with Crippen molar-refractivity contribution in [3.05, 3.63) is 35.4 Å². The highest BCUT2D eigenvalue weighted by Gasteiger charge is 2.14. The smallest absolute Gasteiger partial charge is 0.238 e. The summed E-state index contributed by atoms with van der Waals surface area (Å²) in [6, 6.07) is 3.26. The second-order valence-corrected chi connectivity index (χ2v) is 7.05. The van der Waals surface area contributed by atoms with Gasteiger partial charge in [-0.15, -0.1) is 0 Å². The number of primary sulfonamides is 1. The van der Waals surface area contributed by atoms with E-state index < -0.39 is 10.0 Å². The summed E-state index contributed by atoms with van der Waals surface area (Å²) in [5.41, 5.74) is 2.87. The molecule has 1 aromatic rings. The van der Waals surface area contributed by atoms with Crippen molar-refractivity contribution in [2.45, 2.75) is 38.0 Å². The van der Waals surface area contributed by atoms with Gasteiger partial charge in [0.1, 0.15) is 0 Å². The maximum Gasteiger partial charge on any atom is 0.238 e. The van der Waals surface area contributed by atoms with Gasteiger partial charge >= 0.3 is 0 Å². The maximum absolute atomic E-state index is 11.5. The Labute approximate surface area is 121 Å². The fourth-order valence-corrected chi connectivity index (χ4v) is 3.09. The molecule has 0 aliphatic heterocycles. The molecule has 0 spiro atoms. The van der Waals surface area contributed by atoms with Gasteiger partial charge < -0.3 is 5.32 Å². The minimum absolute atomic E-state index is 0.173. The second-order valence-electron chi connectivity index (χ2n) is 5.49. The topological polar surface area (TPSA) is 72.2 Å². The van der Waals surface area contributed by atoms with Crippen molar-refractivity contribution in [2.75, 3.05) is 11.9 Å². The van der Waals surface area contributed by atoms with Crippen LogP contribution >= 0.6 is 0 Å². The molecule has 4 nitrogen and oxygen atoms in total. The van der Waals surface area contributed by atoms with Gasteiger partial charge in [0.15, 0.2) is 0 Å². The summed E-state index contributed by atoms with van der Waals surface area (Å²) in [5.74, 6) is 0.609. The van der Waals surface area contributed by atoms with Crippen LogP contribution in [-0.2, 0) is 10.0 Å². The third-order valence-electron chi connectivity index (χ3n) is 3.93. The van der Waals surface area contributed by atoms with Crippen LogP contribution in [0.25, 0.3) is 0 Å². The monoisotopic (exact) mass is 294 g/mol. The van der Waals surface area contributed by atoms with Crippen molar-refractivity contribution in [3.8, 4) is 0 Å². The number of rotatable bonds is 4. The Morgan fingerprint density at radius 1 is 1.30 bits per heavy atom. The number of sulfonamides is 1. The zero-order chi connectivity index (χ0) is 14.8. The molecule has 1 unspecified atom stereocenters. The fourth-order valence-electron chi connectivity index (χ4n) is 2.47. The van der Waals surface area contributed by atoms with Gasteiger partial charge in [0, 0.05) is 12.2 Å². The van der Waals surface area contributed by atoms with Gasteiger partial charge in [0.05, 0.1) is 4.90 Å². The number of allylic oxidation sites excluding steroid dienone is 2. The van der Waals surface area contributed by atoms with Crippen LogP contribution in [0.1, 0.15) is 30.4 Å². The summed E-state index contributed by atoms with van der Waals surface area (Å²) in [7, 11) is -3.66. The number of aryl methyl sites for hydroxylation is 1. The van der Waals surface area contributed by atoms with E-state index in [4.69, 9.17) is 5.14 Å². The molecular formula is C15H22N2O2S. The second kappa shape index (κ2) is 5.97. The summed E-state index contributed by atoms with van der Waals surface area (Å²) in [5, 5.41) is 8.60. The standard InChI is InChI=1S/C15H22N2O2S/c1-11-8-14(20(16,18)19)9-15(12(11)2)17-10-13-6-4-3-5-7-13/h3-4,8-9,13,17H,5-7,10H2,1-2H3,(H2,16,18,19). The zero-order valence-electron chi connectivity index (χ0n) is 12.0. The third kappa shape index (κ3) is 3.61. The molecule has 5 heteroatoms. The van der Waals surface area contributed by atoms with Gasteiger partial charge in [-0.05, 0) is 62.3 Å². The van der Waals surface area contributed by atoms with Crippen LogP contribution in [-0.4, -0.2) is 15.0 Å².